The van der Waals surface area contributed by atoms with Gasteiger partial charge < -0.3 is 15.5 Å². The van der Waals surface area contributed by atoms with Crippen LogP contribution < -0.4 is 16.0 Å². The summed E-state index contributed by atoms with van der Waals surface area (Å²) in [4.78, 5) is 33.9. The minimum absolute atomic E-state index is 0.295. The summed E-state index contributed by atoms with van der Waals surface area (Å²) >= 11 is 0. The molecule has 0 radical (unpaired) electrons. The fraction of sp³-hybridized carbons (Fsp3) is 0.206. The van der Waals surface area contributed by atoms with Gasteiger partial charge in [0.15, 0.2) is 0 Å². The first-order valence-corrected chi connectivity index (χ1v) is 14.1. The van der Waals surface area contributed by atoms with E-state index in [0.29, 0.717) is 46.0 Å². The molecule has 8 nitrogen and oxygen atoms in total. The van der Waals surface area contributed by atoms with Crippen molar-refractivity contribution in [3.63, 3.8) is 0 Å². The van der Waals surface area contributed by atoms with Crippen molar-refractivity contribution in [1.29, 1.82) is 0 Å². The number of piperazine rings is 1. The fourth-order valence-electron chi connectivity index (χ4n) is 4.63. The zero-order valence-corrected chi connectivity index (χ0v) is 24.5. The zero-order valence-electron chi connectivity index (χ0n) is 24.5. The standard InChI is InChI=1S/C34H32F2N6O2/c1-23-6-9-26(33(43)38-30-12-11-27(31(36)20-30)22-42-16-14-41(2)15-17-42)18-25(23)10-7-24-8-13-32(37-21-24)40-34(44)39-29-5-3-4-28(35)19-29/h3-6,8-9,11-13,18-21H,14-17,22H2,1-2H3,(H,38,43)(H2,37,39,40,44). The lowest BCUT2D eigenvalue weighted by molar-refractivity contribution is 0.102. The number of hydrogen-bond acceptors (Lipinski definition) is 5. The van der Waals surface area contributed by atoms with Gasteiger partial charge in [-0.1, -0.05) is 30.0 Å². The van der Waals surface area contributed by atoms with Crippen molar-refractivity contribution < 1.29 is 18.4 Å². The van der Waals surface area contributed by atoms with Crippen molar-refractivity contribution in [2.24, 2.45) is 0 Å². The summed E-state index contributed by atoms with van der Waals surface area (Å²) in [6, 6.07) is 18.3. The Labute approximate surface area is 255 Å². The van der Waals surface area contributed by atoms with Crippen molar-refractivity contribution in [2.45, 2.75) is 13.5 Å². The Kier molecular flexibility index (Phi) is 9.59. The molecule has 1 fully saturated rings. The molecule has 3 aromatic carbocycles. The van der Waals surface area contributed by atoms with E-state index in [1.165, 1.54) is 30.5 Å². The number of aromatic nitrogens is 1. The maximum absolute atomic E-state index is 14.9. The largest absolute Gasteiger partial charge is 0.324 e. The van der Waals surface area contributed by atoms with E-state index >= 15 is 0 Å². The fourth-order valence-corrected chi connectivity index (χ4v) is 4.63. The van der Waals surface area contributed by atoms with Crippen LogP contribution in [-0.2, 0) is 6.54 Å². The van der Waals surface area contributed by atoms with E-state index in [4.69, 9.17) is 0 Å². The Morgan fingerprint density at radius 2 is 1.66 bits per heavy atom. The Morgan fingerprint density at radius 3 is 2.39 bits per heavy atom. The van der Waals surface area contributed by atoms with Gasteiger partial charge >= 0.3 is 6.03 Å². The van der Waals surface area contributed by atoms with Crippen LogP contribution in [-0.4, -0.2) is 59.9 Å². The molecule has 1 aromatic heterocycles. The number of urea groups is 1. The van der Waals surface area contributed by atoms with Crippen LogP contribution in [0.2, 0.25) is 0 Å². The normalized spacial score (nSPS) is 13.5. The number of amides is 3. The highest BCUT2D eigenvalue weighted by Gasteiger charge is 2.16. The molecule has 0 bridgehead atoms. The predicted molar refractivity (Wildman–Crippen MR) is 168 cm³/mol. The lowest BCUT2D eigenvalue weighted by Crippen LogP contribution is -2.44. The van der Waals surface area contributed by atoms with E-state index < -0.39 is 11.8 Å². The first kappa shape index (κ1) is 30.4. The van der Waals surface area contributed by atoms with Crippen LogP contribution in [0.1, 0.15) is 32.6 Å². The average Bonchev–Trinajstić information content (AvgIpc) is 3.00. The molecule has 3 N–H and O–H groups in total. The van der Waals surface area contributed by atoms with Gasteiger partial charge in [-0.05, 0) is 74.1 Å². The summed E-state index contributed by atoms with van der Waals surface area (Å²) in [6.07, 6.45) is 1.51. The molecular weight excluding hydrogens is 562 g/mol. The quantitative estimate of drug-likeness (QED) is 0.249. The Balaban J connectivity index is 1.19. The van der Waals surface area contributed by atoms with Gasteiger partial charge in [-0.2, -0.15) is 0 Å². The number of anilines is 3. The summed E-state index contributed by atoms with van der Waals surface area (Å²) in [6.45, 7) is 6.13. The topological polar surface area (TPSA) is 89.6 Å². The van der Waals surface area contributed by atoms with Crippen molar-refractivity contribution in [3.8, 4) is 11.8 Å². The first-order valence-electron chi connectivity index (χ1n) is 14.1. The van der Waals surface area contributed by atoms with Crippen molar-refractivity contribution in [3.05, 3.63) is 118 Å². The number of pyridine rings is 1. The second kappa shape index (κ2) is 13.9. The van der Waals surface area contributed by atoms with E-state index in [0.717, 1.165) is 31.7 Å². The van der Waals surface area contributed by atoms with E-state index in [9.17, 15) is 18.4 Å². The third kappa shape index (κ3) is 8.25. The predicted octanol–water partition coefficient (Wildman–Crippen LogP) is 5.71. The minimum atomic E-state index is -0.558. The smallest absolute Gasteiger partial charge is 0.322 e. The van der Waals surface area contributed by atoms with Crippen LogP contribution in [0.4, 0.5) is 30.8 Å². The molecule has 1 saturated heterocycles. The van der Waals surface area contributed by atoms with Gasteiger partial charge in [-0.15, -0.1) is 0 Å². The number of carbonyl (C=O) groups excluding carboxylic acids is 2. The zero-order chi connectivity index (χ0) is 31.1. The number of carbonyl (C=O) groups is 2. The van der Waals surface area contributed by atoms with Gasteiger partial charge in [0.1, 0.15) is 17.5 Å². The third-order valence-electron chi connectivity index (χ3n) is 7.23. The molecule has 0 spiro atoms. The molecule has 224 valence electrons. The van der Waals surface area contributed by atoms with Gasteiger partial charge in [0.05, 0.1) is 0 Å². The van der Waals surface area contributed by atoms with Crippen molar-refractivity contribution >= 4 is 29.1 Å². The molecule has 3 amide bonds. The molecule has 1 aliphatic rings. The van der Waals surface area contributed by atoms with Crippen LogP contribution in [0.3, 0.4) is 0 Å². The van der Waals surface area contributed by atoms with Crippen LogP contribution in [0.15, 0.2) is 79.0 Å². The molecule has 0 unspecified atom stereocenters. The lowest BCUT2D eigenvalue weighted by atomic mass is 10.0. The van der Waals surface area contributed by atoms with Gasteiger partial charge in [-0.3, -0.25) is 15.0 Å². The molecule has 0 atom stereocenters. The van der Waals surface area contributed by atoms with Crippen molar-refractivity contribution in [1.82, 2.24) is 14.8 Å². The van der Waals surface area contributed by atoms with E-state index in [1.807, 2.05) is 6.92 Å². The molecule has 0 saturated carbocycles. The van der Waals surface area contributed by atoms with E-state index in [-0.39, 0.29) is 11.7 Å². The molecule has 10 heteroatoms. The minimum Gasteiger partial charge on any atom is -0.322 e. The summed E-state index contributed by atoms with van der Waals surface area (Å²) < 4.78 is 28.2. The van der Waals surface area contributed by atoms with Gasteiger partial charge in [0.2, 0.25) is 0 Å². The van der Waals surface area contributed by atoms with Gasteiger partial charge in [0, 0.05) is 72.5 Å². The third-order valence-corrected chi connectivity index (χ3v) is 7.23. The number of rotatable bonds is 6. The number of hydrogen-bond donors (Lipinski definition) is 3. The second-order valence-electron chi connectivity index (χ2n) is 10.6. The highest BCUT2D eigenvalue weighted by molar-refractivity contribution is 6.04. The molecule has 44 heavy (non-hydrogen) atoms. The summed E-state index contributed by atoms with van der Waals surface area (Å²) in [5, 5.41) is 7.90. The number of halogens is 2. The maximum Gasteiger partial charge on any atom is 0.324 e. The monoisotopic (exact) mass is 594 g/mol. The molecular formula is C34H32F2N6O2. The summed E-state index contributed by atoms with van der Waals surface area (Å²) in [5.41, 5.74) is 3.83. The van der Waals surface area contributed by atoms with E-state index in [1.54, 1.807) is 48.5 Å². The molecule has 2 heterocycles. The number of benzene rings is 3. The number of nitrogens with one attached hydrogen (secondary N) is 3. The van der Waals surface area contributed by atoms with Crippen LogP contribution in [0, 0.1) is 30.4 Å². The highest BCUT2D eigenvalue weighted by Crippen LogP contribution is 2.19. The molecule has 4 aromatic rings. The van der Waals surface area contributed by atoms with Gasteiger partial charge in [0.25, 0.3) is 5.91 Å². The summed E-state index contributed by atoms with van der Waals surface area (Å²) in [5.74, 6) is 5.22. The SMILES string of the molecule is Cc1ccc(C(=O)Nc2ccc(CN3CCN(C)CC3)c(F)c2)cc1C#Cc1ccc(NC(=O)Nc2cccc(F)c2)nc1. The summed E-state index contributed by atoms with van der Waals surface area (Å²) in [7, 11) is 2.08. The van der Waals surface area contributed by atoms with Gasteiger partial charge in [-0.25, -0.2) is 18.6 Å². The highest BCUT2D eigenvalue weighted by atomic mass is 19.1. The average molecular weight is 595 g/mol. The number of nitrogens with zero attached hydrogens (tertiary/aromatic N) is 3. The number of aryl methyl sites for hydroxylation is 1. The number of likely N-dealkylation sites (N-methyl/N-ethyl adjacent to an activating group) is 1. The van der Waals surface area contributed by atoms with Crippen LogP contribution in [0.25, 0.3) is 0 Å². The van der Waals surface area contributed by atoms with Crippen molar-refractivity contribution in [2.75, 3.05) is 49.2 Å². The molecule has 1 aliphatic heterocycles. The molecule has 0 aliphatic carbocycles. The Morgan fingerprint density at radius 1 is 0.864 bits per heavy atom. The van der Waals surface area contributed by atoms with Crippen LogP contribution >= 0.6 is 0 Å². The van der Waals surface area contributed by atoms with E-state index in [2.05, 4.69) is 49.6 Å². The maximum atomic E-state index is 14.9. The first-order chi connectivity index (χ1) is 21.2. The second-order valence-corrected chi connectivity index (χ2v) is 10.6. The molecule has 5 rings (SSSR count). The Bertz CT molecular complexity index is 1720. The van der Waals surface area contributed by atoms with Crippen LogP contribution in [0.5, 0.6) is 0 Å². The Hall–Kier alpha value is -5.11. The lowest BCUT2D eigenvalue weighted by Gasteiger charge is -2.32.